The van der Waals surface area contributed by atoms with E-state index in [1.807, 2.05) is 0 Å². The summed E-state index contributed by atoms with van der Waals surface area (Å²) in [5.41, 5.74) is 0. The Morgan fingerprint density at radius 1 is 1.50 bits per heavy atom. The molecular weight excluding hydrogens is 175 g/mol. The maximum atomic E-state index is 4.94. The van der Waals surface area contributed by atoms with E-state index in [-0.39, 0.29) is 29.6 Å². The van der Waals surface area contributed by atoms with Crippen LogP contribution in [0.4, 0.5) is 0 Å². The average molecular weight is 188 g/mol. The van der Waals surface area contributed by atoms with Crippen LogP contribution in [0.15, 0.2) is 0 Å². The van der Waals surface area contributed by atoms with Crippen molar-refractivity contribution >= 4 is 58.8 Å². The molecule has 0 heterocycles. The minimum absolute atomic E-state index is 0. The van der Waals surface area contributed by atoms with Crippen LogP contribution in [0.5, 0.6) is 0 Å². The first kappa shape index (κ1) is 13.8. The van der Waals surface area contributed by atoms with Gasteiger partial charge in [0, 0.05) is 0 Å². The zero-order chi connectivity index (χ0) is 7.11. The second kappa shape index (κ2) is 10.2. The van der Waals surface area contributed by atoms with Crippen LogP contribution in [-0.4, -0.2) is 40.5 Å². The second-order valence-electron chi connectivity index (χ2n) is 1.82. The molecule has 0 saturated carbocycles. The van der Waals surface area contributed by atoms with Crippen molar-refractivity contribution < 1.29 is 4.74 Å². The van der Waals surface area contributed by atoms with Crippen LogP contribution in [0.2, 0.25) is 0 Å². The van der Waals surface area contributed by atoms with Crippen molar-refractivity contribution in [1.29, 1.82) is 0 Å². The fourth-order valence-corrected chi connectivity index (χ4v) is 0.686. The Bertz CT molecular complexity index is 87.8. The third-order valence-electron chi connectivity index (χ3n) is 0.973. The third kappa shape index (κ3) is 12.0. The standard InChI is InChI=1S/C6H12OS2.Na.H/c1-2-3-4-5-7-6(8)9;;/h2-5H2,1H3,(H,8,9);;. The Morgan fingerprint density at radius 2 is 2.10 bits per heavy atom. The van der Waals surface area contributed by atoms with Gasteiger partial charge in [0.15, 0.2) is 0 Å². The molecule has 0 fully saturated rings. The summed E-state index contributed by atoms with van der Waals surface area (Å²) in [6.45, 7) is 2.87. The van der Waals surface area contributed by atoms with E-state index in [4.69, 9.17) is 4.74 Å². The Kier molecular flexibility index (Phi) is 14.1. The molecule has 0 rings (SSSR count). The molecule has 0 radical (unpaired) electrons. The normalized spacial score (nSPS) is 8.20. The van der Waals surface area contributed by atoms with Crippen LogP contribution < -0.4 is 0 Å². The number of unbranched alkanes of at least 4 members (excludes halogenated alkanes) is 2. The van der Waals surface area contributed by atoms with Crippen LogP contribution in [0.3, 0.4) is 0 Å². The van der Waals surface area contributed by atoms with Crippen molar-refractivity contribution in [2.75, 3.05) is 6.61 Å². The Balaban J connectivity index is 0. The minimum atomic E-state index is 0. The molecule has 0 aliphatic carbocycles. The number of hydrogen-bond donors (Lipinski definition) is 1. The molecule has 0 spiro atoms. The predicted molar refractivity (Wildman–Crippen MR) is 54.2 cm³/mol. The van der Waals surface area contributed by atoms with Gasteiger partial charge in [0.25, 0.3) is 0 Å². The average Bonchev–Trinajstić information content (AvgIpc) is 1.80. The van der Waals surface area contributed by atoms with Gasteiger partial charge in [0.1, 0.15) is 0 Å². The third-order valence-corrected chi connectivity index (χ3v) is 1.22. The summed E-state index contributed by atoms with van der Waals surface area (Å²) < 4.78 is 5.29. The molecule has 1 nitrogen and oxygen atoms in total. The molecule has 0 aliphatic heterocycles. The molecule has 0 N–H and O–H groups in total. The Hall–Kier alpha value is 1.24. The molecule has 0 unspecified atom stereocenters. The van der Waals surface area contributed by atoms with E-state index in [2.05, 4.69) is 31.8 Å². The summed E-state index contributed by atoms with van der Waals surface area (Å²) >= 11 is 8.40. The summed E-state index contributed by atoms with van der Waals surface area (Å²) in [5, 5.41) is 0. The van der Waals surface area contributed by atoms with E-state index in [1.54, 1.807) is 0 Å². The second-order valence-corrected chi connectivity index (χ2v) is 2.90. The van der Waals surface area contributed by atoms with Crippen LogP contribution in [-0.2, 0) is 4.74 Å². The van der Waals surface area contributed by atoms with Crippen molar-refractivity contribution in [1.82, 2.24) is 0 Å². The Labute approximate surface area is 95.6 Å². The number of thiocarbonyl (C=S) groups is 1. The van der Waals surface area contributed by atoms with Crippen molar-refractivity contribution in [3.05, 3.63) is 0 Å². The molecule has 56 valence electrons. The van der Waals surface area contributed by atoms with Crippen LogP contribution in [0, 0.1) is 0 Å². The van der Waals surface area contributed by atoms with E-state index < -0.39 is 0 Å². The van der Waals surface area contributed by atoms with Gasteiger partial charge in [-0.15, -0.1) is 0 Å². The van der Waals surface area contributed by atoms with Crippen LogP contribution in [0.1, 0.15) is 26.2 Å². The molecule has 10 heavy (non-hydrogen) atoms. The number of rotatable bonds is 4. The molecular formula is C6H13NaOS2. The fraction of sp³-hybridized carbons (Fsp3) is 0.833. The molecule has 0 aromatic rings. The van der Waals surface area contributed by atoms with Gasteiger partial charge in [-0.2, -0.15) is 0 Å². The summed E-state index contributed by atoms with van der Waals surface area (Å²) in [6, 6.07) is 0. The predicted octanol–water partition coefficient (Wildman–Crippen LogP) is 1.76. The topological polar surface area (TPSA) is 9.23 Å². The molecule has 0 aliphatic rings. The van der Waals surface area contributed by atoms with Gasteiger partial charge in [-0.05, 0) is 18.6 Å². The summed E-state index contributed by atoms with van der Waals surface area (Å²) in [6.07, 6.45) is 3.50. The van der Waals surface area contributed by atoms with E-state index in [0.29, 0.717) is 4.38 Å². The maximum absolute atomic E-state index is 4.94. The van der Waals surface area contributed by atoms with Crippen molar-refractivity contribution in [2.24, 2.45) is 0 Å². The number of thiol groups is 1. The first-order chi connectivity index (χ1) is 4.27. The molecule has 4 heteroatoms. The zero-order valence-electron chi connectivity index (χ0n) is 5.59. The van der Waals surface area contributed by atoms with Gasteiger partial charge < -0.3 is 4.74 Å². The van der Waals surface area contributed by atoms with Crippen molar-refractivity contribution in [3.63, 3.8) is 0 Å². The molecule has 0 bridgehead atoms. The van der Waals surface area contributed by atoms with E-state index in [1.165, 1.54) is 12.8 Å². The Morgan fingerprint density at radius 3 is 2.50 bits per heavy atom. The first-order valence-electron chi connectivity index (χ1n) is 3.13. The number of hydrogen-bond acceptors (Lipinski definition) is 2. The van der Waals surface area contributed by atoms with Crippen molar-refractivity contribution in [3.8, 4) is 0 Å². The van der Waals surface area contributed by atoms with E-state index in [0.717, 1.165) is 13.0 Å². The monoisotopic (exact) mass is 188 g/mol. The molecule has 0 saturated heterocycles. The van der Waals surface area contributed by atoms with Gasteiger partial charge >= 0.3 is 29.6 Å². The number of ether oxygens (including phenoxy) is 1. The van der Waals surface area contributed by atoms with Gasteiger partial charge in [-0.1, -0.05) is 32.4 Å². The molecule has 0 atom stereocenters. The van der Waals surface area contributed by atoms with E-state index in [9.17, 15) is 0 Å². The summed E-state index contributed by atoms with van der Waals surface area (Å²) in [7, 11) is 0. The summed E-state index contributed by atoms with van der Waals surface area (Å²) in [5.74, 6) is 0. The van der Waals surface area contributed by atoms with Gasteiger partial charge in [-0.25, -0.2) is 0 Å². The van der Waals surface area contributed by atoms with Crippen LogP contribution in [0.25, 0.3) is 0 Å². The summed E-state index contributed by atoms with van der Waals surface area (Å²) in [4.78, 5) is 0. The first-order valence-corrected chi connectivity index (χ1v) is 3.98. The van der Waals surface area contributed by atoms with Gasteiger partial charge in [0.05, 0.1) is 6.61 Å². The fourth-order valence-electron chi connectivity index (χ4n) is 0.512. The van der Waals surface area contributed by atoms with Crippen LogP contribution >= 0.6 is 24.8 Å². The molecule has 0 aromatic heterocycles. The quantitative estimate of drug-likeness (QED) is 0.311. The van der Waals surface area contributed by atoms with Gasteiger partial charge in [-0.3, -0.25) is 0 Å². The molecule has 0 aromatic carbocycles. The molecule has 0 amide bonds. The zero-order valence-corrected chi connectivity index (χ0v) is 7.30. The SMILES string of the molecule is CCCCCOC(=S)S.[NaH]. The van der Waals surface area contributed by atoms with E-state index >= 15 is 0 Å². The van der Waals surface area contributed by atoms with Crippen molar-refractivity contribution in [2.45, 2.75) is 26.2 Å². The van der Waals surface area contributed by atoms with Gasteiger partial charge in [0.2, 0.25) is 4.38 Å².